The molecule has 0 radical (unpaired) electrons. The van der Waals surface area contributed by atoms with E-state index >= 15 is 0 Å². The van der Waals surface area contributed by atoms with Crippen molar-refractivity contribution in [2.75, 3.05) is 13.2 Å². The van der Waals surface area contributed by atoms with Crippen LogP contribution >= 0.6 is 31.9 Å². The Morgan fingerprint density at radius 1 is 1.38 bits per heavy atom. The molecule has 1 aromatic carbocycles. The third kappa shape index (κ3) is 5.32. The fraction of sp³-hybridized carbons (Fsp3) is 0.429. The van der Waals surface area contributed by atoms with Gasteiger partial charge in [-0.2, -0.15) is 0 Å². The molecule has 0 heterocycles. The van der Waals surface area contributed by atoms with Crippen LogP contribution in [0.25, 0.3) is 0 Å². The maximum Gasteiger partial charge on any atom is 0.311 e. The van der Waals surface area contributed by atoms with E-state index in [1.807, 2.05) is 6.07 Å². The Morgan fingerprint density at radius 2 is 2.05 bits per heavy atom. The Bertz CT molecular complexity index is 536. The number of carboxylic acid groups (broad SMARTS) is 1. The highest BCUT2D eigenvalue weighted by atomic mass is 79.9. The molecule has 0 bridgehead atoms. The molecule has 1 amide bonds. The molecule has 21 heavy (non-hydrogen) atoms. The average molecular weight is 423 g/mol. The average Bonchev–Trinajstić information content (AvgIpc) is 2.43. The van der Waals surface area contributed by atoms with E-state index in [9.17, 15) is 9.59 Å². The van der Waals surface area contributed by atoms with Crippen molar-refractivity contribution in [1.29, 1.82) is 0 Å². The van der Waals surface area contributed by atoms with Crippen LogP contribution in [0, 0.1) is 5.41 Å². The highest BCUT2D eigenvalue weighted by molar-refractivity contribution is 9.11. The highest BCUT2D eigenvalue weighted by Crippen LogP contribution is 2.28. The third-order valence-electron chi connectivity index (χ3n) is 3.23. The molecule has 1 unspecified atom stereocenters. The van der Waals surface area contributed by atoms with Gasteiger partial charge in [-0.15, -0.1) is 0 Å². The van der Waals surface area contributed by atoms with Crippen LogP contribution in [-0.4, -0.2) is 30.1 Å². The van der Waals surface area contributed by atoms with Gasteiger partial charge in [0.2, 0.25) is 0 Å². The summed E-state index contributed by atoms with van der Waals surface area (Å²) >= 11 is 6.66. The molecule has 1 aromatic rings. The molecule has 5 nitrogen and oxygen atoms in total. The minimum Gasteiger partial charge on any atom is -0.483 e. The molecule has 1 atom stereocenters. The topological polar surface area (TPSA) is 75.6 Å². The number of amides is 1. The zero-order valence-corrected chi connectivity index (χ0v) is 15.0. The highest BCUT2D eigenvalue weighted by Gasteiger charge is 2.31. The monoisotopic (exact) mass is 421 g/mol. The fourth-order valence-electron chi connectivity index (χ4n) is 1.43. The molecule has 0 aliphatic carbocycles. The van der Waals surface area contributed by atoms with Crippen LogP contribution in [0.1, 0.15) is 20.3 Å². The maximum atomic E-state index is 11.7. The maximum absolute atomic E-state index is 11.7. The first-order valence-electron chi connectivity index (χ1n) is 6.36. The van der Waals surface area contributed by atoms with Crippen molar-refractivity contribution in [1.82, 2.24) is 5.32 Å². The summed E-state index contributed by atoms with van der Waals surface area (Å²) in [5.74, 6) is -0.738. The molecule has 1 rings (SSSR count). The van der Waals surface area contributed by atoms with Crippen molar-refractivity contribution < 1.29 is 19.4 Å². The van der Waals surface area contributed by atoms with Gasteiger partial charge in [0.1, 0.15) is 5.75 Å². The lowest BCUT2D eigenvalue weighted by molar-refractivity contribution is -0.148. The van der Waals surface area contributed by atoms with Crippen LogP contribution < -0.4 is 10.1 Å². The van der Waals surface area contributed by atoms with Crippen molar-refractivity contribution >= 4 is 43.7 Å². The molecular weight excluding hydrogens is 406 g/mol. The standard InChI is InChI=1S/C14H17Br2NO4/c1-3-14(2,13(19)20)8-17-12(18)7-21-11-5-4-9(15)6-10(11)16/h4-6H,3,7-8H2,1-2H3,(H,17,18)(H,19,20). The zero-order chi connectivity index (χ0) is 16.0. The molecule has 0 aromatic heterocycles. The van der Waals surface area contributed by atoms with Crippen molar-refractivity contribution in [2.45, 2.75) is 20.3 Å². The Kier molecular flexibility index (Phi) is 6.67. The zero-order valence-electron chi connectivity index (χ0n) is 11.8. The molecule has 0 saturated heterocycles. The third-order valence-corrected chi connectivity index (χ3v) is 4.34. The summed E-state index contributed by atoms with van der Waals surface area (Å²) < 4.78 is 7.01. The molecule has 7 heteroatoms. The summed E-state index contributed by atoms with van der Waals surface area (Å²) in [7, 11) is 0. The summed E-state index contributed by atoms with van der Waals surface area (Å²) in [5, 5.41) is 11.7. The number of benzene rings is 1. The lowest BCUT2D eigenvalue weighted by Crippen LogP contribution is -2.42. The summed E-state index contributed by atoms with van der Waals surface area (Å²) in [6.45, 7) is 3.28. The quantitative estimate of drug-likeness (QED) is 0.707. The van der Waals surface area contributed by atoms with E-state index in [4.69, 9.17) is 9.84 Å². The second-order valence-corrected chi connectivity index (χ2v) is 6.63. The second kappa shape index (κ2) is 7.79. The second-order valence-electron chi connectivity index (χ2n) is 4.86. The van der Waals surface area contributed by atoms with Crippen LogP contribution in [0.4, 0.5) is 0 Å². The van der Waals surface area contributed by atoms with Crippen molar-refractivity contribution in [2.24, 2.45) is 5.41 Å². The van der Waals surface area contributed by atoms with E-state index in [0.29, 0.717) is 12.2 Å². The number of carboxylic acids is 1. The van der Waals surface area contributed by atoms with Crippen LogP contribution in [0.3, 0.4) is 0 Å². The molecule has 116 valence electrons. The van der Waals surface area contributed by atoms with E-state index in [2.05, 4.69) is 37.2 Å². The van der Waals surface area contributed by atoms with Gasteiger partial charge < -0.3 is 15.2 Å². The number of rotatable bonds is 7. The number of halogens is 2. The van der Waals surface area contributed by atoms with E-state index in [1.54, 1.807) is 26.0 Å². The van der Waals surface area contributed by atoms with Gasteiger partial charge in [0.15, 0.2) is 6.61 Å². The number of hydrogen-bond donors (Lipinski definition) is 2. The van der Waals surface area contributed by atoms with Crippen molar-refractivity contribution in [3.63, 3.8) is 0 Å². The van der Waals surface area contributed by atoms with Gasteiger partial charge in [0.25, 0.3) is 5.91 Å². The predicted octanol–water partition coefficient (Wildman–Crippen LogP) is 3.21. The summed E-state index contributed by atoms with van der Waals surface area (Å²) in [6, 6.07) is 5.34. The molecule has 0 fully saturated rings. The van der Waals surface area contributed by atoms with E-state index in [0.717, 1.165) is 8.95 Å². The van der Waals surface area contributed by atoms with Crippen molar-refractivity contribution in [3.8, 4) is 5.75 Å². The number of hydrogen-bond acceptors (Lipinski definition) is 3. The van der Waals surface area contributed by atoms with Gasteiger partial charge in [0.05, 0.1) is 9.89 Å². The first kappa shape index (κ1) is 18.0. The number of carbonyl (C=O) groups excluding carboxylic acids is 1. The largest absolute Gasteiger partial charge is 0.483 e. The van der Waals surface area contributed by atoms with E-state index < -0.39 is 11.4 Å². The van der Waals surface area contributed by atoms with Gasteiger partial charge in [-0.05, 0) is 47.5 Å². The summed E-state index contributed by atoms with van der Waals surface area (Å²) in [6.07, 6.45) is 0.432. The molecular formula is C14H17Br2NO4. The Hall–Kier alpha value is -1.08. The van der Waals surface area contributed by atoms with Gasteiger partial charge in [0, 0.05) is 11.0 Å². The van der Waals surface area contributed by atoms with Gasteiger partial charge in [-0.25, -0.2) is 0 Å². The summed E-state index contributed by atoms with van der Waals surface area (Å²) in [5.41, 5.74) is -0.964. The van der Waals surface area contributed by atoms with Crippen LogP contribution in [-0.2, 0) is 9.59 Å². The van der Waals surface area contributed by atoms with Crippen LogP contribution in [0.15, 0.2) is 27.1 Å². The SMILES string of the molecule is CCC(C)(CNC(=O)COc1ccc(Br)cc1Br)C(=O)O. The van der Waals surface area contributed by atoms with Gasteiger partial charge in [-0.1, -0.05) is 22.9 Å². The van der Waals surface area contributed by atoms with Crippen LogP contribution in [0.5, 0.6) is 5.75 Å². The van der Waals surface area contributed by atoms with E-state index in [-0.39, 0.29) is 19.1 Å². The minimum absolute atomic E-state index is 0.0720. The first-order chi connectivity index (χ1) is 9.78. The minimum atomic E-state index is -0.964. The predicted molar refractivity (Wildman–Crippen MR) is 86.4 cm³/mol. The van der Waals surface area contributed by atoms with Crippen molar-refractivity contribution in [3.05, 3.63) is 27.1 Å². The Morgan fingerprint density at radius 3 is 2.57 bits per heavy atom. The fourth-order valence-corrected chi connectivity index (χ4v) is 2.59. The normalized spacial score (nSPS) is 13.3. The number of ether oxygens (including phenoxy) is 1. The molecule has 0 saturated carbocycles. The molecule has 2 N–H and O–H groups in total. The smallest absolute Gasteiger partial charge is 0.311 e. The van der Waals surface area contributed by atoms with Gasteiger partial charge >= 0.3 is 5.97 Å². The van der Waals surface area contributed by atoms with E-state index in [1.165, 1.54) is 0 Å². The molecule has 0 aliphatic heterocycles. The number of nitrogens with one attached hydrogen (secondary N) is 1. The van der Waals surface area contributed by atoms with Gasteiger partial charge in [-0.3, -0.25) is 9.59 Å². The van der Waals surface area contributed by atoms with Crippen LogP contribution in [0.2, 0.25) is 0 Å². The first-order valence-corrected chi connectivity index (χ1v) is 7.95. The Balaban J connectivity index is 2.49. The lowest BCUT2D eigenvalue weighted by Gasteiger charge is -2.23. The lowest BCUT2D eigenvalue weighted by atomic mass is 9.88. The summed E-state index contributed by atoms with van der Waals surface area (Å²) in [4.78, 5) is 22.9. The molecule has 0 aliphatic rings. The Labute approximate surface area is 140 Å². The number of aliphatic carboxylic acids is 1. The number of carbonyl (C=O) groups is 2. The molecule has 0 spiro atoms.